The Morgan fingerprint density at radius 1 is 0.929 bits per heavy atom. The summed E-state index contributed by atoms with van der Waals surface area (Å²) in [6.07, 6.45) is 0. The Labute approximate surface area is 251 Å². The van der Waals surface area contributed by atoms with Crippen molar-refractivity contribution in [1.82, 2.24) is 4.98 Å². The fraction of sp³-hybridized carbons (Fsp3) is 0.121. The molecule has 4 aromatic carbocycles. The van der Waals surface area contributed by atoms with Crippen molar-refractivity contribution in [3.05, 3.63) is 124 Å². The standard InChI is InChI=1S/C33H25ClN2O5S/c1-2-40-24-14-11-21(12-15-24)30(37)28-29(22-9-6-10-25(17-22)41-19-20-7-4-3-5-8-20)36(32(39)31(28)38)33-35-26-16-13-23(34)18-27(26)42-33/h3-18,29,37H,2,19H2,1H3. The molecule has 1 atom stereocenters. The number of anilines is 1. The van der Waals surface area contributed by atoms with Crippen molar-refractivity contribution >= 4 is 55.7 Å². The number of fused-ring (bicyclic) bond motifs is 1. The predicted octanol–water partition coefficient (Wildman–Crippen LogP) is 7.55. The molecule has 1 amide bonds. The Morgan fingerprint density at radius 2 is 1.71 bits per heavy atom. The SMILES string of the molecule is CCOc1ccc(C(O)=C2C(=O)C(=O)N(c3nc4ccc(Cl)cc4s3)C2c2cccc(OCc3ccccc3)c2)cc1. The molecular weight excluding hydrogens is 572 g/mol. The number of carbonyl (C=O) groups is 2. The molecule has 6 rings (SSSR count). The van der Waals surface area contributed by atoms with Crippen LogP contribution >= 0.6 is 22.9 Å². The number of rotatable bonds is 8. The fourth-order valence-corrected chi connectivity index (χ4v) is 6.15. The molecule has 7 nitrogen and oxygen atoms in total. The van der Waals surface area contributed by atoms with Crippen molar-refractivity contribution < 1.29 is 24.2 Å². The van der Waals surface area contributed by atoms with Gasteiger partial charge in [0, 0.05) is 10.6 Å². The van der Waals surface area contributed by atoms with Gasteiger partial charge in [0.1, 0.15) is 23.9 Å². The predicted molar refractivity (Wildman–Crippen MR) is 164 cm³/mol. The summed E-state index contributed by atoms with van der Waals surface area (Å²) in [5, 5.41) is 12.4. The van der Waals surface area contributed by atoms with E-state index in [1.54, 1.807) is 60.7 Å². The van der Waals surface area contributed by atoms with Gasteiger partial charge in [-0.3, -0.25) is 14.5 Å². The van der Waals surface area contributed by atoms with Crippen molar-refractivity contribution in [3.8, 4) is 11.5 Å². The lowest BCUT2D eigenvalue weighted by molar-refractivity contribution is -0.132. The number of ketones is 1. The number of halogens is 1. The van der Waals surface area contributed by atoms with E-state index >= 15 is 0 Å². The number of nitrogens with zero attached hydrogens (tertiary/aromatic N) is 2. The van der Waals surface area contributed by atoms with Crippen molar-refractivity contribution in [3.63, 3.8) is 0 Å². The lowest BCUT2D eigenvalue weighted by Gasteiger charge is -2.23. The summed E-state index contributed by atoms with van der Waals surface area (Å²) in [4.78, 5) is 33.2. The summed E-state index contributed by atoms with van der Waals surface area (Å²) in [5.41, 5.74) is 2.57. The number of benzene rings is 4. The molecular formula is C33H25ClN2O5S. The first-order valence-corrected chi connectivity index (χ1v) is 14.5. The van der Waals surface area contributed by atoms with Gasteiger partial charge in [0.15, 0.2) is 5.13 Å². The monoisotopic (exact) mass is 596 g/mol. The molecule has 9 heteroatoms. The molecule has 2 heterocycles. The van der Waals surface area contributed by atoms with Gasteiger partial charge in [-0.25, -0.2) is 4.98 Å². The number of ether oxygens (including phenoxy) is 2. The van der Waals surface area contributed by atoms with Gasteiger partial charge in [-0.15, -0.1) is 0 Å². The third kappa shape index (κ3) is 5.34. The molecule has 0 bridgehead atoms. The summed E-state index contributed by atoms with van der Waals surface area (Å²) < 4.78 is 12.3. The Kier molecular flexibility index (Phi) is 7.65. The van der Waals surface area contributed by atoms with Gasteiger partial charge in [-0.1, -0.05) is 65.4 Å². The molecule has 1 unspecified atom stereocenters. The average molecular weight is 597 g/mol. The highest BCUT2D eigenvalue weighted by molar-refractivity contribution is 7.22. The van der Waals surface area contributed by atoms with Gasteiger partial charge in [0.2, 0.25) is 0 Å². The summed E-state index contributed by atoms with van der Waals surface area (Å²) in [6.45, 7) is 2.71. The topological polar surface area (TPSA) is 89.0 Å². The Morgan fingerprint density at radius 3 is 2.48 bits per heavy atom. The molecule has 1 aromatic heterocycles. The van der Waals surface area contributed by atoms with Crippen LogP contribution in [0.4, 0.5) is 5.13 Å². The van der Waals surface area contributed by atoms with E-state index in [9.17, 15) is 14.7 Å². The highest BCUT2D eigenvalue weighted by Gasteiger charge is 2.48. The van der Waals surface area contributed by atoms with Gasteiger partial charge in [0.25, 0.3) is 5.78 Å². The highest BCUT2D eigenvalue weighted by Crippen LogP contribution is 2.45. The van der Waals surface area contributed by atoms with E-state index in [1.807, 2.05) is 43.3 Å². The maximum Gasteiger partial charge on any atom is 0.301 e. The second kappa shape index (κ2) is 11.7. The summed E-state index contributed by atoms with van der Waals surface area (Å²) in [5.74, 6) is -0.697. The molecule has 210 valence electrons. The van der Waals surface area contributed by atoms with Gasteiger partial charge in [-0.2, -0.15) is 0 Å². The molecule has 42 heavy (non-hydrogen) atoms. The quantitative estimate of drug-likeness (QED) is 0.113. The molecule has 1 aliphatic rings. The van der Waals surface area contributed by atoms with Crippen LogP contribution in [0.3, 0.4) is 0 Å². The molecule has 5 aromatic rings. The van der Waals surface area contributed by atoms with Crippen LogP contribution in [0.2, 0.25) is 5.02 Å². The van der Waals surface area contributed by atoms with Crippen LogP contribution in [-0.4, -0.2) is 28.4 Å². The minimum Gasteiger partial charge on any atom is -0.507 e. The number of Topliss-reactive ketones (excluding diaryl/α,β-unsaturated/α-hetero) is 1. The van der Waals surface area contributed by atoms with Gasteiger partial charge >= 0.3 is 5.91 Å². The maximum absolute atomic E-state index is 13.6. The van der Waals surface area contributed by atoms with Crippen molar-refractivity contribution in [2.75, 3.05) is 11.5 Å². The maximum atomic E-state index is 13.6. The molecule has 1 aliphatic heterocycles. The van der Waals surface area contributed by atoms with Crippen molar-refractivity contribution in [1.29, 1.82) is 0 Å². The summed E-state index contributed by atoms with van der Waals surface area (Å²) in [7, 11) is 0. The Hall–Kier alpha value is -4.66. The van der Waals surface area contributed by atoms with E-state index < -0.39 is 17.7 Å². The van der Waals surface area contributed by atoms with Gasteiger partial charge in [0.05, 0.1) is 28.4 Å². The van der Waals surface area contributed by atoms with Crippen LogP contribution in [0.15, 0.2) is 103 Å². The number of carbonyl (C=O) groups excluding carboxylic acids is 2. The van der Waals surface area contributed by atoms with Crippen LogP contribution in [0.25, 0.3) is 16.0 Å². The summed E-state index contributed by atoms with van der Waals surface area (Å²) in [6, 6.07) is 28.0. The molecule has 0 radical (unpaired) electrons. The molecule has 1 saturated heterocycles. The first-order valence-electron chi connectivity index (χ1n) is 13.3. The number of aromatic nitrogens is 1. The van der Waals surface area contributed by atoms with Crippen LogP contribution in [0.5, 0.6) is 11.5 Å². The third-order valence-corrected chi connectivity index (χ3v) is 8.10. The van der Waals surface area contributed by atoms with E-state index in [2.05, 4.69) is 4.98 Å². The number of thiazole rings is 1. The van der Waals surface area contributed by atoms with Crippen LogP contribution in [-0.2, 0) is 16.2 Å². The zero-order valence-corrected chi connectivity index (χ0v) is 24.1. The van der Waals surface area contributed by atoms with E-state index in [0.717, 1.165) is 10.3 Å². The first-order chi connectivity index (χ1) is 20.4. The van der Waals surface area contributed by atoms with Gasteiger partial charge < -0.3 is 14.6 Å². The van der Waals surface area contributed by atoms with E-state index in [1.165, 1.54) is 16.2 Å². The second-order valence-electron chi connectivity index (χ2n) is 9.58. The minimum absolute atomic E-state index is 0.0401. The third-order valence-electron chi connectivity index (χ3n) is 6.85. The normalized spacial score (nSPS) is 16.2. The van der Waals surface area contributed by atoms with E-state index in [4.69, 9.17) is 21.1 Å². The lowest BCUT2D eigenvalue weighted by Crippen LogP contribution is -2.29. The van der Waals surface area contributed by atoms with Crippen LogP contribution in [0, 0.1) is 0 Å². The Balaban J connectivity index is 1.46. The lowest BCUT2D eigenvalue weighted by atomic mass is 9.95. The fourth-order valence-electron chi connectivity index (χ4n) is 4.88. The molecule has 1 fully saturated rings. The Bertz CT molecular complexity index is 1820. The second-order valence-corrected chi connectivity index (χ2v) is 11.0. The van der Waals surface area contributed by atoms with Crippen LogP contribution < -0.4 is 14.4 Å². The number of aliphatic hydroxyl groups is 1. The zero-order valence-electron chi connectivity index (χ0n) is 22.5. The summed E-state index contributed by atoms with van der Waals surface area (Å²) >= 11 is 7.45. The number of hydrogen-bond acceptors (Lipinski definition) is 7. The van der Waals surface area contributed by atoms with Gasteiger partial charge in [-0.05, 0) is 72.6 Å². The molecule has 0 spiro atoms. The van der Waals surface area contributed by atoms with E-state index in [0.29, 0.717) is 51.5 Å². The average Bonchev–Trinajstić information content (AvgIpc) is 3.54. The number of hydrogen-bond donors (Lipinski definition) is 1. The zero-order chi connectivity index (χ0) is 29.2. The molecule has 0 saturated carbocycles. The number of amides is 1. The molecule has 0 aliphatic carbocycles. The minimum atomic E-state index is -0.951. The molecule has 1 N–H and O–H groups in total. The van der Waals surface area contributed by atoms with Crippen LogP contribution in [0.1, 0.15) is 29.7 Å². The number of aliphatic hydroxyl groups excluding tert-OH is 1. The van der Waals surface area contributed by atoms with E-state index in [-0.39, 0.29) is 11.3 Å². The first kappa shape index (κ1) is 27.5. The van der Waals surface area contributed by atoms with Crippen molar-refractivity contribution in [2.45, 2.75) is 19.6 Å². The van der Waals surface area contributed by atoms with Crippen molar-refractivity contribution in [2.24, 2.45) is 0 Å². The largest absolute Gasteiger partial charge is 0.507 e. The highest BCUT2D eigenvalue weighted by atomic mass is 35.5. The smallest absolute Gasteiger partial charge is 0.301 e.